The van der Waals surface area contributed by atoms with Gasteiger partial charge in [-0.15, -0.1) is 0 Å². The fourth-order valence-corrected chi connectivity index (χ4v) is 2.70. The van der Waals surface area contributed by atoms with Crippen LogP contribution in [-0.2, 0) is 4.74 Å². The van der Waals surface area contributed by atoms with E-state index in [1.165, 1.54) is 0 Å². The maximum absolute atomic E-state index is 12.4. The number of nitrogens with zero attached hydrogens (tertiary/aromatic N) is 1. The van der Waals surface area contributed by atoms with E-state index >= 15 is 0 Å². The molecule has 0 aliphatic carbocycles. The van der Waals surface area contributed by atoms with Crippen LogP contribution in [0.2, 0.25) is 0 Å². The minimum atomic E-state index is -0.957. The van der Waals surface area contributed by atoms with Gasteiger partial charge in [0, 0.05) is 6.54 Å². The number of hydrogen-bond acceptors (Lipinski definition) is 3. The molecule has 0 aromatic heterocycles. The maximum Gasteiger partial charge on any atom is 0.410 e. The molecule has 0 spiro atoms. The van der Waals surface area contributed by atoms with E-state index in [1.54, 1.807) is 23.1 Å². The minimum Gasteiger partial charge on any atom is -0.478 e. The van der Waals surface area contributed by atoms with Crippen molar-refractivity contribution in [3.05, 3.63) is 35.4 Å². The molecule has 1 heterocycles. The van der Waals surface area contributed by atoms with Crippen molar-refractivity contribution in [3.8, 4) is 0 Å². The highest BCUT2D eigenvalue weighted by Gasteiger charge is 2.31. The standard InChI is InChI=1S/C17H23NO4/c1-17(2,3)22-16(21)18-10-5-4-9-14(18)12-7-6-8-13(11-12)15(19)20/h6-8,11,14H,4-5,9-10H2,1-3H3,(H,19,20)/t14-/m0/s1. The van der Waals surface area contributed by atoms with E-state index in [-0.39, 0.29) is 17.7 Å². The van der Waals surface area contributed by atoms with E-state index in [0.717, 1.165) is 24.8 Å². The number of carboxylic acids is 1. The van der Waals surface area contributed by atoms with E-state index in [0.29, 0.717) is 6.54 Å². The van der Waals surface area contributed by atoms with E-state index in [4.69, 9.17) is 9.84 Å². The number of carbonyl (C=O) groups is 2. The number of aromatic carboxylic acids is 1. The topological polar surface area (TPSA) is 66.8 Å². The summed E-state index contributed by atoms with van der Waals surface area (Å²) >= 11 is 0. The first-order chi connectivity index (χ1) is 10.3. The van der Waals surface area contributed by atoms with Gasteiger partial charge in [0.05, 0.1) is 11.6 Å². The van der Waals surface area contributed by atoms with Gasteiger partial charge < -0.3 is 14.7 Å². The molecule has 1 N–H and O–H groups in total. The lowest BCUT2D eigenvalue weighted by molar-refractivity contribution is 0.00951. The van der Waals surface area contributed by atoms with Crippen LogP contribution < -0.4 is 0 Å². The van der Waals surface area contributed by atoms with Crippen LogP contribution in [0.15, 0.2) is 24.3 Å². The Morgan fingerprint density at radius 2 is 2.00 bits per heavy atom. The summed E-state index contributed by atoms with van der Waals surface area (Å²) in [7, 11) is 0. The normalized spacial score (nSPS) is 18.9. The van der Waals surface area contributed by atoms with Crippen LogP contribution in [-0.4, -0.2) is 34.2 Å². The van der Waals surface area contributed by atoms with Crippen molar-refractivity contribution in [1.82, 2.24) is 4.90 Å². The second-order valence-corrected chi connectivity index (χ2v) is 6.62. The smallest absolute Gasteiger partial charge is 0.410 e. The van der Waals surface area contributed by atoms with Crippen LogP contribution in [0.3, 0.4) is 0 Å². The summed E-state index contributed by atoms with van der Waals surface area (Å²) in [6.45, 7) is 6.16. The number of carbonyl (C=O) groups excluding carboxylic acids is 1. The van der Waals surface area contributed by atoms with Gasteiger partial charge in [-0.25, -0.2) is 9.59 Å². The Balaban J connectivity index is 2.24. The number of likely N-dealkylation sites (tertiary alicyclic amines) is 1. The fraction of sp³-hybridized carbons (Fsp3) is 0.529. The highest BCUT2D eigenvalue weighted by atomic mass is 16.6. The molecule has 5 nitrogen and oxygen atoms in total. The second kappa shape index (κ2) is 6.38. The quantitative estimate of drug-likeness (QED) is 0.901. The summed E-state index contributed by atoms with van der Waals surface area (Å²) < 4.78 is 5.48. The second-order valence-electron chi connectivity index (χ2n) is 6.62. The largest absolute Gasteiger partial charge is 0.478 e. The molecule has 22 heavy (non-hydrogen) atoms. The maximum atomic E-state index is 12.4. The molecule has 0 radical (unpaired) electrons. The molecule has 1 atom stereocenters. The zero-order valence-electron chi connectivity index (χ0n) is 13.3. The number of benzene rings is 1. The molecule has 1 aromatic carbocycles. The third-order valence-electron chi connectivity index (χ3n) is 3.65. The summed E-state index contributed by atoms with van der Waals surface area (Å²) in [6.07, 6.45) is 2.44. The Morgan fingerprint density at radius 3 is 2.64 bits per heavy atom. The number of carboxylic acid groups (broad SMARTS) is 1. The van der Waals surface area contributed by atoms with E-state index < -0.39 is 11.6 Å². The average Bonchev–Trinajstić information content (AvgIpc) is 2.45. The van der Waals surface area contributed by atoms with Gasteiger partial charge in [-0.2, -0.15) is 0 Å². The van der Waals surface area contributed by atoms with Crippen molar-refractivity contribution in [2.75, 3.05) is 6.54 Å². The van der Waals surface area contributed by atoms with Crippen molar-refractivity contribution in [3.63, 3.8) is 0 Å². The molecular formula is C17H23NO4. The molecule has 0 saturated carbocycles. The Hall–Kier alpha value is -2.04. The number of amides is 1. The van der Waals surface area contributed by atoms with Crippen LogP contribution in [0.25, 0.3) is 0 Å². The van der Waals surface area contributed by atoms with Gasteiger partial charge >= 0.3 is 12.1 Å². The molecule has 1 fully saturated rings. The molecule has 0 bridgehead atoms. The van der Waals surface area contributed by atoms with Gasteiger partial charge in [0.2, 0.25) is 0 Å². The molecule has 1 aromatic rings. The average molecular weight is 305 g/mol. The Morgan fingerprint density at radius 1 is 1.27 bits per heavy atom. The van der Waals surface area contributed by atoms with E-state index in [2.05, 4.69) is 0 Å². The first-order valence-electron chi connectivity index (χ1n) is 7.61. The molecule has 1 aliphatic heterocycles. The SMILES string of the molecule is CC(C)(C)OC(=O)N1CCCC[C@H]1c1cccc(C(=O)O)c1. The number of piperidine rings is 1. The minimum absolute atomic E-state index is 0.122. The molecule has 0 unspecified atom stereocenters. The number of hydrogen-bond donors (Lipinski definition) is 1. The van der Waals surface area contributed by atoms with Crippen molar-refractivity contribution in [2.24, 2.45) is 0 Å². The summed E-state index contributed by atoms with van der Waals surface area (Å²) in [5, 5.41) is 9.13. The zero-order chi connectivity index (χ0) is 16.3. The monoisotopic (exact) mass is 305 g/mol. The first-order valence-corrected chi connectivity index (χ1v) is 7.61. The summed E-state index contributed by atoms with van der Waals surface area (Å²) in [5.74, 6) is -0.957. The molecule has 1 saturated heterocycles. The highest BCUT2D eigenvalue weighted by Crippen LogP contribution is 2.32. The van der Waals surface area contributed by atoms with Gasteiger partial charge in [-0.1, -0.05) is 12.1 Å². The van der Waals surface area contributed by atoms with Gasteiger partial charge in [0.25, 0.3) is 0 Å². The van der Waals surface area contributed by atoms with E-state index in [9.17, 15) is 9.59 Å². The van der Waals surface area contributed by atoms with Crippen LogP contribution in [0.4, 0.5) is 4.79 Å². The third-order valence-corrected chi connectivity index (χ3v) is 3.65. The Bertz CT molecular complexity index is 562. The van der Waals surface area contributed by atoms with Crippen molar-refractivity contribution >= 4 is 12.1 Å². The van der Waals surface area contributed by atoms with Crippen LogP contribution in [0.5, 0.6) is 0 Å². The third kappa shape index (κ3) is 4.00. The molecular weight excluding hydrogens is 282 g/mol. The predicted molar refractivity (Wildman–Crippen MR) is 82.9 cm³/mol. The Kier molecular flexibility index (Phi) is 4.74. The van der Waals surface area contributed by atoms with Gasteiger partial charge in [0.1, 0.15) is 5.60 Å². The summed E-state index contributed by atoms with van der Waals surface area (Å²) in [5.41, 5.74) is 0.555. The van der Waals surface area contributed by atoms with Gasteiger partial charge in [-0.05, 0) is 57.7 Å². The molecule has 1 amide bonds. The number of ether oxygens (including phenoxy) is 1. The highest BCUT2D eigenvalue weighted by molar-refractivity contribution is 5.87. The summed E-state index contributed by atoms with van der Waals surface area (Å²) in [6, 6.07) is 6.69. The zero-order valence-corrected chi connectivity index (χ0v) is 13.3. The summed E-state index contributed by atoms with van der Waals surface area (Å²) in [4.78, 5) is 25.3. The Labute approximate surface area is 130 Å². The van der Waals surface area contributed by atoms with Gasteiger partial charge in [0.15, 0.2) is 0 Å². The molecule has 120 valence electrons. The molecule has 1 aliphatic rings. The van der Waals surface area contributed by atoms with Crippen LogP contribution in [0.1, 0.15) is 62.0 Å². The van der Waals surface area contributed by atoms with Crippen LogP contribution in [0, 0.1) is 0 Å². The van der Waals surface area contributed by atoms with Gasteiger partial charge in [-0.3, -0.25) is 0 Å². The van der Waals surface area contributed by atoms with Crippen molar-refractivity contribution in [1.29, 1.82) is 0 Å². The van der Waals surface area contributed by atoms with Crippen LogP contribution >= 0.6 is 0 Å². The van der Waals surface area contributed by atoms with E-state index in [1.807, 2.05) is 26.8 Å². The lowest BCUT2D eigenvalue weighted by atomic mass is 9.94. The fourth-order valence-electron chi connectivity index (χ4n) is 2.70. The lowest BCUT2D eigenvalue weighted by Gasteiger charge is -2.37. The predicted octanol–water partition coefficient (Wildman–Crippen LogP) is 3.85. The van der Waals surface area contributed by atoms with Crippen molar-refractivity contribution < 1.29 is 19.4 Å². The molecule has 2 rings (SSSR count). The first kappa shape index (κ1) is 16.3. The number of rotatable bonds is 2. The molecule has 5 heteroatoms. The van der Waals surface area contributed by atoms with Crippen molar-refractivity contribution in [2.45, 2.75) is 51.7 Å². The lowest BCUT2D eigenvalue weighted by Crippen LogP contribution is -2.41.